The van der Waals surface area contributed by atoms with Crippen LogP contribution in [0.15, 0.2) is 42.5 Å². The van der Waals surface area contributed by atoms with Crippen molar-refractivity contribution in [3.05, 3.63) is 42.5 Å². The van der Waals surface area contributed by atoms with Crippen molar-refractivity contribution in [1.82, 2.24) is 10.6 Å². The van der Waals surface area contributed by atoms with Crippen LogP contribution < -0.4 is 15.4 Å². The summed E-state index contributed by atoms with van der Waals surface area (Å²) in [5, 5.41) is 8.25. The van der Waals surface area contributed by atoms with Crippen LogP contribution >= 0.6 is 0 Å². The summed E-state index contributed by atoms with van der Waals surface area (Å²) in [5.74, 6) is 1.11. The molecule has 104 valence electrons. The Morgan fingerprint density at radius 1 is 1.20 bits per heavy atom. The predicted octanol–water partition coefficient (Wildman–Crippen LogP) is 1.55. The fraction of sp³-hybridized carbons (Fsp3) is 0.312. The van der Waals surface area contributed by atoms with Gasteiger partial charge in [-0.05, 0) is 11.5 Å². The van der Waals surface area contributed by atoms with Crippen LogP contribution in [-0.4, -0.2) is 32.1 Å². The maximum absolute atomic E-state index is 11.6. The molecule has 0 unspecified atom stereocenters. The van der Waals surface area contributed by atoms with E-state index in [-0.39, 0.29) is 11.8 Å². The third-order valence-electron chi connectivity index (χ3n) is 3.56. The number of hydrogen-bond acceptors (Lipinski definition) is 3. The molecule has 0 atom stereocenters. The highest BCUT2D eigenvalue weighted by molar-refractivity contribution is 5.88. The van der Waals surface area contributed by atoms with Gasteiger partial charge in [0.05, 0.1) is 12.5 Å². The molecule has 0 bridgehead atoms. The van der Waals surface area contributed by atoms with Gasteiger partial charge in [0.2, 0.25) is 5.91 Å². The van der Waals surface area contributed by atoms with Gasteiger partial charge in [-0.2, -0.15) is 0 Å². The van der Waals surface area contributed by atoms with E-state index in [0.29, 0.717) is 13.2 Å². The van der Waals surface area contributed by atoms with Gasteiger partial charge in [-0.3, -0.25) is 4.79 Å². The largest absolute Gasteiger partial charge is 0.491 e. The zero-order chi connectivity index (χ0) is 13.8. The van der Waals surface area contributed by atoms with Gasteiger partial charge in [0.15, 0.2) is 0 Å². The second-order valence-electron chi connectivity index (χ2n) is 4.97. The average molecular weight is 270 g/mol. The molecule has 4 nitrogen and oxygen atoms in total. The lowest BCUT2D eigenvalue weighted by Crippen LogP contribution is -2.51. The molecule has 1 heterocycles. The SMILES string of the molecule is O=C(NCCOc1cccc2ccccc12)C1CNC1. The standard InChI is InChI=1S/C16H18N2O2/c19-16(13-10-17-11-13)18-8-9-20-15-7-3-5-12-4-1-2-6-14(12)15/h1-7,13,17H,8-11H2,(H,18,19). The molecule has 1 amide bonds. The summed E-state index contributed by atoms with van der Waals surface area (Å²) < 4.78 is 5.77. The molecule has 0 aromatic heterocycles. The minimum absolute atomic E-state index is 0.116. The number of ether oxygens (including phenoxy) is 1. The third-order valence-corrected chi connectivity index (χ3v) is 3.56. The highest BCUT2D eigenvalue weighted by Crippen LogP contribution is 2.24. The first-order chi connectivity index (χ1) is 9.84. The van der Waals surface area contributed by atoms with E-state index in [2.05, 4.69) is 22.8 Å². The van der Waals surface area contributed by atoms with E-state index in [4.69, 9.17) is 4.74 Å². The van der Waals surface area contributed by atoms with Crippen LogP contribution in [0.4, 0.5) is 0 Å². The molecule has 0 saturated carbocycles. The fourth-order valence-electron chi connectivity index (χ4n) is 2.28. The van der Waals surface area contributed by atoms with Gasteiger partial charge in [0.1, 0.15) is 12.4 Å². The summed E-state index contributed by atoms with van der Waals surface area (Å²) in [6.07, 6.45) is 0. The molecule has 2 aromatic rings. The molecule has 1 aliphatic rings. The van der Waals surface area contributed by atoms with Crippen LogP contribution in [0.1, 0.15) is 0 Å². The number of carbonyl (C=O) groups is 1. The van der Waals surface area contributed by atoms with E-state index in [0.717, 1.165) is 29.6 Å². The second-order valence-corrected chi connectivity index (χ2v) is 4.97. The van der Waals surface area contributed by atoms with Crippen LogP contribution in [0, 0.1) is 5.92 Å². The van der Waals surface area contributed by atoms with Gasteiger partial charge in [-0.1, -0.05) is 36.4 Å². The summed E-state index contributed by atoms with van der Waals surface area (Å²) in [4.78, 5) is 11.6. The van der Waals surface area contributed by atoms with Crippen LogP contribution in [0.25, 0.3) is 10.8 Å². The number of nitrogens with one attached hydrogen (secondary N) is 2. The smallest absolute Gasteiger partial charge is 0.225 e. The van der Waals surface area contributed by atoms with Gasteiger partial charge in [-0.25, -0.2) is 0 Å². The first-order valence-electron chi connectivity index (χ1n) is 6.93. The molecule has 0 radical (unpaired) electrons. The normalized spacial score (nSPS) is 14.8. The summed E-state index contributed by atoms with van der Waals surface area (Å²) >= 11 is 0. The van der Waals surface area contributed by atoms with Crippen LogP contribution in [-0.2, 0) is 4.79 Å². The molecular formula is C16H18N2O2. The van der Waals surface area contributed by atoms with Gasteiger partial charge in [-0.15, -0.1) is 0 Å². The summed E-state index contributed by atoms with van der Waals surface area (Å²) in [7, 11) is 0. The topological polar surface area (TPSA) is 50.4 Å². The van der Waals surface area contributed by atoms with Crippen molar-refractivity contribution >= 4 is 16.7 Å². The Morgan fingerprint density at radius 2 is 2.00 bits per heavy atom. The second kappa shape index (κ2) is 5.92. The first-order valence-corrected chi connectivity index (χ1v) is 6.93. The van der Waals surface area contributed by atoms with E-state index >= 15 is 0 Å². The lowest BCUT2D eigenvalue weighted by atomic mass is 10.0. The van der Waals surface area contributed by atoms with Crippen molar-refractivity contribution in [2.45, 2.75) is 0 Å². The Balaban J connectivity index is 1.53. The minimum Gasteiger partial charge on any atom is -0.491 e. The summed E-state index contributed by atoms with van der Waals surface area (Å²) in [5.41, 5.74) is 0. The lowest BCUT2D eigenvalue weighted by molar-refractivity contribution is -0.126. The quantitative estimate of drug-likeness (QED) is 0.811. The number of fused-ring (bicyclic) bond motifs is 1. The highest BCUT2D eigenvalue weighted by Gasteiger charge is 2.24. The van der Waals surface area contributed by atoms with Crippen molar-refractivity contribution in [2.75, 3.05) is 26.2 Å². The molecule has 1 fully saturated rings. The lowest BCUT2D eigenvalue weighted by Gasteiger charge is -2.25. The van der Waals surface area contributed by atoms with Crippen LogP contribution in [0.3, 0.4) is 0 Å². The van der Waals surface area contributed by atoms with Gasteiger partial charge in [0, 0.05) is 18.5 Å². The molecule has 2 aromatic carbocycles. The molecule has 2 N–H and O–H groups in total. The van der Waals surface area contributed by atoms with Crippen LogP contribution in [0.2, 0.25) is 0 Å². The van der Waals surface area contributed by atoms with Gasteiger partial charge in [0.25, 0.3) is 0 Å². The third kappa shape index (κ3) is 2.75. The molecule has 0 aliphatic carbocycles. The Kier molecular flexibility index (Phi) is 3.83. The summed E-state index contributed by atoms with van der Waals surface area (Å²) in [6.45, 7) is 2.60. The Morgan fingerprint density at radius 3 is 2.80 bits per heavy atom. The maximum Gasteiger partial charge on any atom is 0.225 e. The molecular weight excluding hydrogens is 252 g/mol. The predicted molar refractivity (Wildman–Crippen MR) is 78.8 cm³/mol. The van der Waals surface area contributed by atoms with E-state index < -0.39 is 0 Å². The number of carbonyl (C=O) groups excluding carboxylic acids is 1. The minimum atomic E-state index is 0.116. The van der Waals surface area contributed by atoms with Gasteiger partial charge >= 0.3 is 0 Å². The molecule has 3 rings (SSSR count). The Hall–Kier alpha value is -2.07. The molecule has 20 heavy (non-hydrogen) atoms. The van der Waals surface area contributed by atoms with Crippen molar-refractivity contribution < 1.29 is 9.53 Å². The molecule has 4 heteroatoms. The zero-order valence-electron chi connectivity index (χ0n) is 11.3. The maximum atomic E-state index is 11.6. The Labute approximate surface area is 118 Å². The van der Waals surface area contributed by atoms with E-state index in [1.54, 1.807) is 0 Å². The van der Waals surface area contributed by atoms with Crippen LogP contribution in [0.5, 0.6) is 5.75 Å². The fourth-order valence-corrected chi connectivity index (χ4v) is 2.28. The molecule has 1 aliphatic heterocycles. The number of benzene rings is 2. The van der Waals surface area contributed by atoms with Crippen molar-refractivity contribution in [2.24, 2.45) is 5.92 Å². The number of amides is 1. The zero-order valence-corrected chi connectivity index (χ0v) is 11.3. The van der Waals surface area contributed by atoms with E-state index in [1.165, 1.54) is 0 Å². The monoisotopic (exact) mass is 270 g/mol. The first kappa shape index (κ1) is 12.9. The number of rotatable bonds is 5. The highest BCUT2D eigenvalue weighted by atomic mass is 16.5. The van der Waals surface area contributed by atoms with E-state index in [9.17, 15) is 4.79 Å². The van der Waals surface area contributed by atoms with Crippen molar-refractivity contribution in [3.8, 4) is 5.75 Å². The molecule has 1 saturated heterocycles. The summed E-state index contributed by atoms with van der Waals surface area (Å²) in [6, 6.07) is 14.1. The van der Waals surface area contributed by atoms with E-state index in [1.807, 2.05) is 30.3 Å². The number of hydrogen-bond donors (Lipinski definition) is 2. The van der Waals surface area contributed by atoms with Gasteiger partial charge < -0.3 is 15.4 Å². The molecule has 0 spiro atoms. The van der Waals surface area contributed by atoms with Crippen molar-refractivity contribution in [3.63, 3.8) is 0 Å². The Bertz CT molecular complexity index is 603. The van der Waals surface area contributed by atoms with Crippen molar-refractivity contribution in [1.29, 1.82) is 0 Å². The average Bonchev–Trinajstić information content (AvgIpc) is 2.42.